The van der Waals surface area contributed by atoms with E-state index in [0.29, 0.717) is 37.4 Å². The Hall–Kier alpha value is -3.49. The normalized spacial score (nSPS) is 11.4. The SMILES string of the molecule is CCCN(Cc1cccn1Cc1ccc(C(=O)NCc2cccc(C(F)(F)F)c2)o1)C(=O)CC. The lowest BCUT2D eigenvalue weighted by Gasteiger charge is -2.22. The van der Waals surface area contributed by atoms with Gasteiger partial charge < -0.3 is 19.2 Å². The molecule has 9 heteroatoms. The Morgan fingerprint density at radius 2 is 1.88 bits per heavy atom. The Bertz CT molecular complexity index is 1120. The Morgan fingerprint density at radius 3 is 2.59 bits per heavy atom. The molecule has 3 rings (SSSR count). The van der Waals surface area contributed by atoms with E-state index in [1.165, 1.54) is 18.2 Å². The highest BCUT2D eigenvalue weighted by Gasteiger charge is 2.30. The number of benzene rings is 1. The molecule has 0 aliphatic rings. The fourth-order valence-corrected chi connectivity index (χ4v) is 3.61. The summed E-state index contributed by atoms with van der Waals surface area (Å²) in [5, 5.41) is 2.59. The second kappa shape index (κ2) is 11.1. The van der Waals surface area contributed by atoms with Gasteiger partial charge in [0, 0.05) is 31.4 Å². The lowest BCUT2D eigenvalue weighted by atomic mass is 10.1. The molecule has 0 aliphatic carbocycles. The number of carbonyl (C=O) groups is 2. The van der Waals surface area contributed by atoms with Gasteiger partial charge in [-0.2, -0.15) is 13.2 Å². The van der Waals surface area contributed by atoms with Crippen LogP contribution in [0, 0.1) is 0 Å². The first-order chi connectivity index (χ1) is 16.2. The molecule has 0 radical (unpaired) electrons. The van der Waals surface area contributed by atoms with Crippen molar-refractivity contribution in [2.45, 2.75) is 52.5 Å². The number of carbonyl (C=O) groups excluding carboxylic acids is 2. The van der Waals surface area contributed by atoms with E-state index in [1.807, 2.05) is 41.6 Å². The monoisotopic (exact) mass is 475 g/mol. The first kappa shape index (κ1) is 25.1. The van der Waals surface area contributed by atoms with Crippen LogP contribution in [0.4, 0.5) is 13.2 Å². The molecule has 3 aromatic rings. The van der Waals surface area contributed by atoms with Gasteiger partial charge in [-0.15, -0.1) is 0 Å². The van der Waals surface area contributed by atoms with Gasteiger partial charge in [-0.25, -0.2) is 0 Å². The van der Waals surface area contributed by atoms with Crippen molar-refractivity contribution in [1.29, 1.82) is 0 Å². The Labute approximate surface area is 196 Å². The van der Waals surface area contributed by atoms with Gasteiger partial charge in [0.1, 0.15) is 5.76 Å². The highest BCUT2D eigenvalue weighted by Crippen LogP contribution is 2.29. The fourth-order valence-electron chi connectivity index (χ4n) is 3.61. The van der Waals surface area contributed by atoms with Crippen LogP contribution in [-0.2, 0) is 30.6 Å². The number of amides is 2. The number of nitrogens with one attached hydrogen (secondary N) is 1. The van der Waals surface area contributed by atoms with Crippen molar-refractivity contribution < 1.29 is 27.2 Å². The minimum atomic E-state index is -4.44. The van der Waals surface area contributed by atoms with Crippen LogP contribution in [0.25, 0.3) is 0 Å². The predicted molar refractivity (Wildman–Crippen MR) is 121 cm³/mol. The Balaban J connectivity index is 1.62. The zero-order chi connectivity index (χ0) is 24.7. The van der Waals surface area contributed by atoms with Crippen LogP contribution in [0.1, 0.15) is 59.8 Å². The number of furan rings is 1. The van der Waals surface area contributed by atoms with Crippen LogP contribution < -0.4 is 5.32 Å². The van der Waals surface area contributed by atoms with Crippen molar-refractivity contribution in [1.82, 2.24) is 14.8 Å². The maximum Gasteiger partial charge on any atom is 0.416 e. The minimum absolute atomic E-state index is 0.0563. The molecule has 0 fully saturated rings. The fraction of sp³-hybridized carbons (Fsp3) is 0.360. The van der Waals surface area contributed by atoms with Gasteiger partial charge in [0.2, 0.25) is 5.91 Å². The average molecular weight is 476 g/mol. The topological polar surface area (TPSA) is 67.5 Å². The van der Waals surface area contributed by atoms with E-state index in [1.54, 1.807) is 6.07 Å². The van der Waals surface area contributed by atoms with Crippen molar-refractivity contribution in [2.75, 3.05) is 6.54 Å². The van der Waals surface area contributed by atoms with Gasteiger partial charge in [-0.3, -0.25) is 9.59 Å². The summed E-state index contributed by atoms with van der Waals surface area (Å²) in [7, 11) is 0. The van der Waals surface area contributed by atoms with E-state index in [4.69, 9.17) is 4.42 Å². The maximum atomic E-state index is 12.9. The molecule has 6 nitrogen and oxygen atoms in total. The summed E-state index contributed by atoms with van der Waals surface area (Å²) in [6, 6.07) is 11.9. The lowest BCUT2D eigenvalue weighted by Crippen LogP contribution is -2.31. The Morgan fingerprint density at radius 1 is 1.09 bits per heavy atom. The van der Waals surface area contributed by atoms with Crippen molar-refractivity contribution in [2.24, 2.45) is 0 Å². The summed E-state index contributed by atoms with van der Waals surface area (Å²) in [5.41, 5.74) is 0.521. The zero-order valence-corrected chi connectivity index (χ0v) is 19.2. The molecule has 1 aromatic carbocycles. The highest BCUT2D eigenvalue weighted by atomic mass is 19.4. The number of aromatic nitrogens is 1. The predicted octanol–water partition coefficient (Wildman–Crippen LogP) is 5.23. The third kappa shape index (κ3) is 6.52. The van der Waals surface area contributed by atoms with Crippen LogP contribution in [0.15, 0.2) is 59.1 Å². The van der Waals surface area contributed by atoms with Crippen molar-refractivity contribution in [3.05, 3.63) is 83.1 Å². The molecule has 2 amide bonds. The van der Waals surface area contributed by atoms with E-state index >= 15 is 0 Å². The van der Waals surface area contributed by atoms with Crippen LogP contribution in [0.2, 0.25) is 0 Å². The molecule has 0 bridgehead atoms. The second-order valence-corrected chi connectivity index (χ2v) is 7.94. The average Bonchev–Trinajstić information content (AvgIpc) is 3.46. The molecule has 2 heterocycles. The highest BCUT2D eigenvalue weighted by molar-refractivity contribution is 5.91. The minimum Gasteiger partial charge on any atom is -0.454 e. The molecule has 0 saturated heterocycles. The van der Waals surface area contributed by atoms with Gasteiger partial charge in [0.05, 0.1) is 18.7 Å². The van der Waals surface area contributed by atoms with E-state index in [2.05, 4.69) is 5.32 Å². The first-order valence-corrected chi connectivity index (χ1v) is 11.2. The van der Waals surface area contributed by atoms with Gasteiger partial charge in [-0.05, 0) is 48.4 Å². The van der Waals surface area contributed by atoms with Gasteiger partial charge in [0.15, 0.2) is 5.76 Å². The van der Waals surface area contributed by atoms with E-state index < -0.39 is 17.6 Å². The van der Waals surface area contributed by atoms with Crippen molar-refractivity contribution >= 4 is 11.8 Å². The third-order valence-electron chi connectivity index (χ3n) is 5.34. The summed E-state index contributed by atoms with van der Waals surface area (Å²) in [4.78, 5) is 26.5. The van der Waals surface area contributed by atoms with Crippen molar-refractivity contribution in [3.8, 4) is 0 Å². The summed E-state index contributed by atoms with van der Waals surface area (Å²) in [6.45, 7) is 5.35. The Kier molecular flexibility index (Phi) is 8.20. The number of rotatable bonds is 10. The molecule has 0 atom stereocenters. The van der Waals surface area contributed by atoms with E-state index in [9.17, 15) is 22.8 Å². The maximum absolute atomic E-state index is 12.9. The first-order valence-electron chi connectivity index (χ1n) is 11.2. The van der Waals surface area contributed by atoms with Crippen LogP contribution >= 0.6 is 0 Å². The number of alkyl halides is 3. The molecule has 34 heavy (non-hydrogen) atoms. The molecule has 2 aromatic heterocycles. The summed E-state index contributed by atoms with van der Waals surface area (Å²) in [6.07, 6.45) is -1.25. The molecule has 182 valence electrons. The number of hydrogen-bond acceptors (Lipinski definition) is 3. The summed E-state index contributed by atoms with van der Waals surface area (Å²) < 4.78 is 46.2. The van der Waals surface area contributed by atoms with E-state index in [0.717, 1.165) is 24.2 Å². The van der Waals surface area contributed by atoms with Gasteiger partial charge in [-0.1, -0.05) is 26.0 Å². The number of halogens is 3. The molecule has 0 spiro atoms. The van der Waals surface area contributed by atoms with Gasteiger partial charge in [0.25, 0.3) is 5.91 Å². The van der Waals surface area contributed by atoms with Crippen molar-refractivity contribution in [3.63, 3.8) is 0 Å². The second-order valence-electron chi connectivity index (χ2n) is 7.94. The quantitative estimate of drug-likeness (QED) is 0.437. The molecular formula is C25H28F3N3O3. The van der Waals surface area contributed by atoms with Crippen LogP contribution in [-0.4, -0.2) is 27.8 Å². The zero-order valence-electron chi connectivity index (χ0n) is 19.2. The smallest absolute Gasteiger partial charge is 0.416 e. The third-order valence-corrected chi connectivity index (χ3v) is 5.34. The van der Waals surface area contributed by atoms with Crippen LogP contribution in [0.3, 0.4) is 0 Å². The van der Waals surface area contributed by atoms with E-state index in [-0.39, 0.29) is 18.2 Å². The molecule has 0 aliphatic heterocycles. The number of nitrogens with zero attached hydrogens (tertiary/aromatic N) is 2. The lowest BCUT2D eigenvalue weighted by molar-refractivity contribution is -0.137. The standard InChI is InChI=1S/C25H28F3N3O3/c1-3-12-31(23(32)4-2)16-20-9-6-13-30(20)17-21-10-11-22(34-21)24(33)29-15-18-7-5-8-19(14-18)25(26,27)28/h5-11,13-14H,3-4,12,15-17H2,1-2H3,(H,29,33). The molecule has 1 N–H and O–H groups in total. The molecule has 0 unspecified atom stereocenters. The molecule has 0 saturated carbocycles. The number of hydrogen-bond donors (Lipinski definition) is 1. The summed E-state index contributed by atoms with van der Waals surface area (Å²) >= 11 is 0. The summed E-state index contributed by atoms with van der Waals surface area (Å²) in [5.74, 6) is 0.196. The molecular weight excluding hydrogens is 447 g/mol. The van der Waals surface area contributed by atoms with Gasteiger partial charge >= 0.3 is 6.18 Å². The van der Waals surface area contributed by atoms with Crippen LogP contribution in [0.5, 0.6) is 0 Å². The largest absolute Gasteiger partial charge is 0.454 e.